The third-order valence-corrected chi connectivity index (χ3v) is 1.84. The molecule has 1 aromatic heterocycles. The van der Waals surface area contributed by atoms with Crippen LogP contribution in [0, 0.1) is 21.4 Å². The van der Waals surface area contributed by atoms with Gasteiger partial charge in [0.05, 0.1) is 4.92 Å². The van der Waals surface area contributed by atoms with E-state index in [-0.39, 0.29) is 6.07 Å². The second-order valence-corrected chi connectivity index (χ2v) is 2.96. The van der Waals surface area contributed by atoms with Crippen LogP contribution in [0.25, 0.3) is 0 Å². The molecule has 0 radical (unpaired) electrons. The molecule has 0 unspecified atom stereocenters. The molecule has 0 amide bonds. The topological polar surface area (TPSA) is 79.8 Å². The number of hydrogen-bond acceptors (Lipinski definition) is 4. The fourth-order valence-electron chi connectivity index (χ4n) is 1.14. The van der Waals surface area contributed by atoms with E-state index >= 15 is 0 Å². The molecule has 18 heavy (non-hydrogen) atoms. The number of nitrogens with zero attached hydrogens (tertiary/aromatic N) is 3. The second-order valence-electron chi connectivity index (χ2n) is 2.96. The Kier molecular flexibility index (Phi) is 3.45. The van der Waals surface area contributed by atoms with E-state index in [1.807, 2.05) is 0 Å². The minimum Gasteiger partial charge on any atom is -0.258 e. The Hall–Kier alpha value is -2.31. The first kappa shape index (κ1) is 13.8. The number of aromatic nitrogens is 1. The van der Waals surface area contributed by atoms with Crippen molar-refractivity contribution in [3.63, 3.8) is 0 Å². The average molecular weight is 267 g/mol. The smallest absolute Gasteiger partial charge is 0.258 e. The van der Waals surface area contributed by atoms with Crippen LogP contribution in [0.1, 0.15) is 23.4 Å². The molecule has 0 aromatic carbocycles. The molecule has 0 saturated carbocycles. The van der Waals surface area contributed by atoms with Gasteiger partial charge >= 0.3 is 11.9 Å². The maximum Gasteiger partial charge on any atom is 0.433 e. The molecule has 0 N–H and O–H groups in total. The summed E-state index contributed by atoms with van der Waals surface area (Å²) in [4.78, 5) is 11.8. The SMILES string of the molecule is N#Cc1nc(C(F)(F)F)cc(C(F)F)c1[N+](=O)[O-]. The lowest BCUT2D eigenvalue weighted by atomic mass is 10.1. The average Bonchev–Trinajstić information content (AvgIpc) is 2.25. The number of nitro groups is 1. The molecule has 0 saturated heterocycles. The van der Waals surface area contributed by atoms with Gasteiger partial charge in [0, 0.05) is 0 Å². The van der Waals surface area contributed by atoms with Gasteiger partial charge in [-0.3, -0.25) is 10.1 Å². The van der Waals surface area contributed by atoms with Crippen LogP contribution in [0.4, 0.5) is 27.6 Å². The molecule has 0 fully saturated rings. The van der Waals surface area contributed by atoms with Crippen LogP contribution in [-0.2, 0) is 6.18 Å². The summed E-state index contributed by atoms with van der Waals surface area (Å²) in [5, 5.41) is 18.9. The first-order valence-electron chi connectivity index (χ1n) is 4.13. The number of pyridine rings is 1. The number of rotatable bonds is 2. The highest BCUT2D eigenvalue weighted by Crippen LogP contribution is 2.36. The Morgan fingerprint density at radius 2 is 2.00 bits per heavy atom. The van der Waals surface area contributed by atoms with Crippen molar-refractivity contribution >= 4 is 5.69 Å². The second kappa shape index (κ2) is 4.52. The van der Waals surface area contributed by atoms with E-state index in [2.05, 4.69) is 4.98 Å². The van der Waals surface area contributed by atoms with Gasteiger partial charge in [0.15, 0.2) is 0 Å². The van der Waals surface area contributed by atoms with Gasteiger partial charge in [0.2, 0.25) is 5.69 Å². The predicted octanol–water partition coefficient (Wildman–Crippen LogP) is 2.82. The summed E-state index contributed by atoms with van der Waals surface area (Å²) in [5.74, 6) is 0. The lowest BCUT2D eigenvalue weighted by Crippen LogP contribution is -2.12. The molecule has 5 nitrogen and oxygen atoms in total. The van der Waals surface area contributed by atoms with Crippen LogP contribution >= 0.6 is 0 Å². The van der Waals surface area contributed by atoms with E-state index in [4.69, 9.17) is 5.26 Å². The number of halogens is 5. The monoisotopic (exact) mass is 267 g/mol. The lowest BCUT2D eigenvalue weighted by molar-refractivity contribution is -0.386. The molecule has 0 aliphatic rings. The Bertz CT molecular complexity index is 535. The van der Waals surface area contributed by atoms with Crippen molar-refractivity contribution in [3.8, 4) is 6.07 Å². The minimum atomic E-state index is -5.08. The molecule has 1 heterocycles. The van der Waals surface area contributed by atoms with Crippen LogP contribution in [0.3, 0.4) is 0 Å². The van der Waals surface area contributed by atoms with Crippen molar-refractivity contribution in [1.82, 2.24) is 4.98 Å². The summed E-state index contributed by atoms with van der Waals surface area (Å²) in [6.45, 7) is 0. The maximum atomic E-state index is 12.5. The summed E-state index contributed by atoms with van der Waals surface area (Å²) < 4.78 is 61.8. The quantitative estimate of drug-likeness (QED) is 0.468. The summed E-state index contributed by atoms with van der Waals surface area (Å²) in [6, 6.07) is 0.863. The van der Waals surface area contributed by atoms with Crippen molar-refractivity contribution < 1.29 is 26.9 Å². The molecule has 0 aliphatic carbocycles. The van der Waals surface area contributed by atoms with Gasteiger partial charge in [-0.1, -0.05) is 0 Å². The first-order valence-corrected chi connectivity index (χ1v) is 4.13. The van der Waals surface area contributed by atoms with E-state index in [9.17, 15) is 32.1 Å². The van der Waals surface area contributed by atoms with Crippen molar-refractivity contribution in [2.45, 2.75) is 12.6 Å². The molecule has 10 heteroatoms. The van der Waals surface area contributed by atoms with E-state index in [0.29, 0.717) is 0 Å². The molecule has 0 bridgehead atoms. The molecule has 96 valence electrons. The standard InChI is InChI=1S/C8H2F5N3O2/c9-7(10)3-1-5(8(11,12)13)15-4(2-14)6(3)16(17)18/h1,7H. The summed E-state index contributed by atoms with van der Waals surface area (Å²) in [6.07, 6.45) is -8.61. The molecule has 0 atom stereocenters. The van der Waals surface area contributed by atoms with Gasteiger partial charge < -0.3 is 0 Å². The minimum absolute atomic E-state index is 0.135. The zero-order valence-corrected chi connectivity index (χ0v) is 8.20. The van der Waals surface area contributed by atoms with Crippen LogP contribution in [0.5, 0.6) is 0 Å². The number of nitriles is 1. The molecule has 0 spiro atoms. The van der Waals surface area contributed by atoms with Gasteiger partial charge in [-0.15, -0.1) is 0 Å². The van der Waals surface area contributed by atoms with Crippen LogP contribution in [0.15, 0.2) is 6.07 Å². The Morgan fingerprint density at radius 3 is 2.33 bits per heavy atom. The zero-order chi connectivity index (χ0) is 14.1. The molecular formula is C8H2F5N3O2. The van der Waals surface area contributed by atoms with Gasteiger partial charge in [0.25, 0.3) is 6.43 Å². The highest BCUT2D eigenvalue weighted by atomic mass is 19.4. The highest BCUT2D eigenvalue weighted by Gasteiger charge is 2.38. The van der Waals surface area contributed by atoms with Crippen molar-refractivity contribution in [3.05, 3.63) is 33.1 Å². The fourth-order valence-corrected chi connectivity index (χ4v) is 1.14. The molecular weight excluding hydrogens is 265 g/mol. The fraction of sp³-hybridized carbons (Fsp3) is 0.250. The Balaban J connectivity index is 3.66. The van der Waals surface area contributed by atoms with E-state index < -0.39 is 40.2 Å². The lowest BCUT2D eigenvalue weighted by Gasteiger charge is -2.09. The third-order valence-electron chi connectivity index (χ3n) is 1.84. The molecule has 1 aromatic rings. The summed E-state index contributed by atoms with van der Waals surface area (Å²) in [7, 11) is 0. The number of hydrogen-bond donors (Lipinski definition) is 0. The largest absolute Gasteiger partial charge is 0.433 e. The molecule has 1 rings (SSSR count). The Morgan fingerprint density at radius 1 is 1.44 bits per heavy atom. The van der Waals surface area contributed by atoms with Gasteiger partial charge in [-0.05, 0) is 6.07 Å². The molecule has 0 aliphatic heterocycles. The van der Waals surface area contributed by atoms with Gasteiger partial charge in [0.1, 0.15) is 17.3 Å². The van der Waals surface area contributed by atoms with Crippen molar-refractivity contribution in [2.24, 2.45) is 0 Å². The predicted molar refractivity (Wildman–Crippen MR) is 45.6 cm³/mol. The highest BCUT2D eigenvalue weighted by molar-refractivity contribution is 5.52. The van der Waals surface area contributed by atoms with E-state index in [0.717, 1.165) is 6.07 Å². The van der Waals surface area contributed by atoms with Crippen LogP contribution < -0.4 is 0 Å². The van der Waals surface area contributed by atoms with E-state index in [1.165, 1.54) is 0 Å². The van der Waals surface area contributed by atoms with Gasteiger partial charge in [-0.2, -0.15) is 18.4 Å². The summed E-state index contributed by atoms with van der Waals surface area (Å²) >= 11 is 0. The van der Waals surface area contributed by atoms with Gasteiger partial charge in [-0.25, -0.2) is 13.8 Å². The van der Waals surface area contributed by atoms with E-state index in [1.54, 1.807) is 0 Å². The zero-order valence-electron chi connectivity index (χ0n) is 8.20. The number of alkyl halides is 5. The maximum absolute atomic E-state index is 12.5. The summed E-state index contributed by atoms with van der Waals surface area (Å²) in [5.41, 5.74) is -5.98. The van der Waals surface area contributed by atoms with Crippen LogP contribution in [0.2, 0.25) is 0 Å². The van der Waals surface area contributed by atoms with Crippen molar-refractivity contribution in [2.75, 3.05) is 0 Å². The third kappa shape index (κ3) is 2.50. The Labute approximate surface area is 95.6 Å². The normalized spacial score (nSPS) is 11.4. The first-order chi connectivity index (χ1) is 8.18. The van der Waals surface area contributed by atoms with Crippen molar-refractivity contribution in [1.29, 1.82) is 5.26 Å². The van der Waals surface area contributed by atoms with Crippen LogP contribution in [-0.4, -0.2) is 9.91 Å².